The van der Waals surface area contributed by atoms with Crippen LogP contribution in [0.25, 0.3) is 0 Å². The highest BCUT2D eigenvalue weighted by Crippen LogP contribution is 2.23. The van der Waals surface area contributed by atoms with Crippen molar-refractivity contribution in [2.24, 2.45) is 0 Å². The van der Waals surface area contributed by atoms with E-state index < -0.39 is 0 Å². The maximum Gasteiger partial charge on any atom is 0.0726 e. The van der Waals surface area contributed by atoms with E-state index in [4.69, 9.17) is 4.74 Å². The molecule has 1 aromatic rings. The van der Waals surface area contributed by atoms with Crippen LogP contribution < -0.4 is 4.90 Å². The highest BCUT2D eigenvalue weighted by Gasteiger charge is 2.22. The molecule has 2 atom stereocenters. The third-order valence-electron chi connectivity index (χ3n) is 3.34. The van der Waals surface area contributed by atoms with Crippen molar-refractivity contribution in [2.45, 2.75) is 45.8 Å². The zero-order valence-electron chi connectivity index (χ0n) is 11.3. The van der Waals surface area contributed by atoms with Crippen LogP contribution in [0.2, 0.25) is 0 Å². The van der Waals surface area contributed by atoms with Crippen LogP contribution in [0.15, 0.2) is 24.3 Å². The first-order chi connectivity index (χ1) is 8.06. The summed E-state index contributed by atoms with van der Waals surface area (Å²) in [6, 6.07) is 8.95. The van der Waals surface area contributed by atoms with Crippen LogP contribution >= 0.6 is 0 Å². The summed E-state index contributed by atoms with van der Waals surface area (Å²) in [4.78, 5) is 2.42. The summed E-state index contributed by atoms with van der Waals surface area (Å²) in [6.45, 7) is 10.7. The van der Waals surface area contributed by atoms with Gasteiger partial charge >= 0.3 is 0 Å². The van der Waals surface area contributed by atoms with E-state index in [-0.39, 0.29) is 0 Å². The second-order valence-corrected chi connectivity index (χ2v) is 5.41. The maximum absolute atomic E-state index is 5.76. The molecule has 1 aromatic carbocycles. The lowest BCUT2D eigenvalue weighted by Gasteiger charge is -2.37. The summed E-state index contributed by atoms with van der Waals surface area (Å²) >= 11 is 0. The summed E-state index contributed by atoms with van der Waals surface area (Å²) in [5, 5.41) is 0. The first-order valence-electron chi connectivity index (χ1n) is 6.56. The average molecular weight is 233 g/mol. The molecular formula is C15H23NO. The van der Waals surface area contributed by atoms with Gasteiger partial charge in [-0.1, -0.05) is 26.0 Å². The van der Waals surface area contributed by atoms with Gasteiger partial charge in [-0.15, -0.1) is 0 Å². The van der Waals surface area contributed by atoms with Crippen LogP contribution in [-0.4, -0.2) is 25.3 Å². The summed E-state index contributed by atoms with van der Waals surface area (Å²) in [7, 11) is 0. The molecule has 2 rings (SSSR count). The predicted octanol–water partition coefficient (Wildman–Crippen LogP) is 3.42. The van der Waals surface area contributed by atoms with Crippen LogP contribution in [0.5, 0.6) is 0 Å². The Hall–Kier alpha value is -1.02. The van der Waals surface area contributed by atoms with Crippen LogP contribution in [0.3, 0.4) is 0 Å². The quantitative estimate of drug-likeness (QED) is 0.776. The first-order valence-corrected chi connectivity index (χ1v) is 6.56. The van der Waals surface area contributed by atoms with Crippen LogP contribution in [0, 0.1) is 0 Å². The largest absolute Gasteiger partial charge is 0.372 e. The topological polar surface area (TPSA) is 12.5 Å². The Morgan fingerprint density at radius 1 is 1.06 bits per heavy atom. The van der Waals surface area contributed by atoms with E-state index in [1.165, 1.54) is 11.3 Å². The van der Waals surface area contributed by atoms with E-state index >= 15 is 0 Å². The van der Waals surface area contributed by atoms with Gasteiger partial charge in [-0.05, 0) is 37.5 Å². The predicted molar refractivity (Wildman–Crippen MR) is 72.8 cm³/mol. The molecule has 1 aliphatic heterocycles. The molecule has 1 fully saturated rings. The molecule has 0 saturated carbocycles. The zero-order valence-corrected chi connectivity index (χ0v) is 11.3. The minimum absolute atomic E-state index is 0.323. The van der Waals surface area contributed by atoms with Gasteiger partial charge in [-0.3, -0.25) is 0 Å². The molecule has 2 nitrogen and oxygen atoms in total. The minimum atomic E-state index is 0.323. The van der Waals surface area contributed by atoms with E-state index in [1.807, 2.05) is 0 Å². The van der Waals surface area contributed by atoms with E-state index in [9.17, 15) is 0 Å². The fraction of sp³-hybridized carbons (Fsp3) is 0.600. The SMILES string of the molecule is CC(C)c1ccc(N2C[C@H](C)O[C@@H](C)C2)cc1. The van der Waals surface area contributed by atoms with Crippen LogP contribution in [-0.2, 0) is 4.74 Å². The normalized spacial score (nSPS) is 25.4. The molecule has 0 amide bonds. The number of anilines is 1. The Labute approximate surface area is 105 Å². The number of benzene rings is 1. The number of hydrogen-bond donors (Lipinski definition) is 0. The lowest BCUT2D eigenvalue weighted by Crippen LogP contribution is -2.45. The molecule has 0 N–H and O–H groups in total. The van der Waals surface area contributed by atoms with Gasteiger partial charge in [0.05, 0.1) is 12.2 Å². The molecule has 94 valence electrons. The minimum Gasteiger partial charge on any atom is -0.372 e. The van der Waals surface area contributed by atoms with E-state index in [1.54, 1.807) is 0 Å². The summed E-state index contributed by atoms with van der Waals surface area (Å²) in [5.74, 6) is 0.603. The van der Waals surface area contributed by atoms with Crippen molar-refractivity contribution in [1.82, 2.24) is 0 Å². The standard InChI is InChI=1S/C15H23NO/c1-11(2)14-5-7-15(8-6-14)16-9-12(3)17-13(4)10-16/h5-8,11-13H,9-10H2,1-4H3/t12-,13-/m0/s1. The Kier molecular flexibility index (Phi) is 3.72. The summed E-state index contributed by atoms with van der Waals surface area (Å²) in [6.07, 6.45) is 0.645. The van der Waals surface area contributed by atoms with Crippen molar-refractivity contribution in [3.8, 4) is 0 Å². The van der Waals surface area contributed by atoms with Gasteiger partial charge in [0.2, 0.25) is 0 Å². The molecule has 0 bridgehead atoms. The molecule has 1 aliphatic rings. The van der Waals surface area contributed by atoms with Gasteiger partial charge in [0.15, 0.2) is 0 Å². The molecule has 17 heavy (non-hydrogen) atoms. The third-order valence-corrected chi connectivity index (χ3v) is 3.34. The zero-order chi connectivity index (χ0) is 12.4. The number of hydrogen-bond acceptors (Lipinski definition) is 2. The maximum atomic E-state index is 5.76. The highest BCUT2D eigenvalue weighted by atomic mass is 16.5. The Bertz CT molecular complexity index is 348. The van der Waals surface area contributed by atoms with Gasteiger partial charge in [0.1, 0.15) is 0 Å². The highest BCUT2D eigenvalue weighted by molar-refractivity contribution is 5.48. The monoisotopic (exact) mass is 233 g/mol. The summed E-state index contributed by atoms with van der Waals surface area (Å²) in [5.41, 5.74) is 2.72. The van der Waals surface area contributed by atoms with Gasteiger partial charge in [-0.25, -0.2) is 0 Å². The van der Waals surface area contributed by atoms with Gasteiger partial charge < -0.3 is 9.64 Å². The molecule has 0 unspecified atom stereocenters. The number of rotatable bonds is 2. The van der Waals surface area contributed by atoms with Crippen molar-refractivity contribution >= 4 is 5.69 Å². The molecule has 0 aliphatic carbocycles. The second kappa shape index (κ2) is 5.09. The van der Waals surface area contributed by atoms with Crippen molar-refractivity contribution < 1.29 is 4.74 Å². The lowest BCUT2D eigenvalue weighted by molar-refractivity contribution is -0.00521. The third kappa shape index (κ3) is 3.01. The Morgan fingerprint density at radius 2 is 1.59 bits per heavy atom. The fourth-order valence-corrected chi connectivity index (χ4v) is 2.46. The van der Waals surface area contributed by atoms with E-state index in [0.29, 0.717) is 18.1 Å². The summed E-state index contributed by atoms with van der Waals surface area (Å²) < 4.78 is 5.76. The lowest BCUT2D eigenvalue weighted by atomic mass is 10.0. The first kappa shape index (κ1) is 12.4. The van der Waals surface area contributed by atoms with Gasteiger partial charge in [-0.2, -0.15) is 0 Å². The van der Waals surface area contributed by atoms with Crippen molar-refractivity contribution in [1.29, 1.82) is 0 Å². The number of ether oxygens (including phenoxy) is 1. The second-order valence-electron chi connectivity index (χ2n) is 5.41. The number of nitrogens with zero attached hydrogens (tertiary/aromatic N) is 1. The number of morpholine rings is 1. The average Bonchev–Trinajstić information content (AvgIpc) is 2.28. The van der Waals surface area contributed by atoms with E-state index in [0.717, 1.165) is 13.1 Å². The van der Waals surface area contributed by atoms with Crippen molar-refractivity contribution in [3.63, 3.8) is 0 Å². The van der Waals surface area contributed by atoms with Crippen molar-refractivity contribution in [2.75, 3.05) is 18.0 Å². The van der Waals surface area contributed by atoms with Crippen molar-refractivity contribution in [3.05, 3.63) is 29.8 Å². The molecule has 0 aromatic heterocycles. The molecule has 1 heterocycles. The fourth-order valence-electron chi connectivity index (χ4n) is 2.46. The Morgan fingerprint density at radius 3 is 2.06 bits per heavy atom. The molecule has 2 heteroatoms. The van der Waals surface area contributed by atoms with Gasteiger partial charge in [0, 0.05) is 18.8 Å². The Balaban J connectivity index is 2.11. The molecule has 0 spiro atoms. The molecular weight excluding hydrogens is 210 g/mol. The van der Waals surface area contributed by atoms with Crippen LogP contribution in [0.4, 0.5) is 5.69 Å². The van der Waals surface area contributed by atoms with E-state index in [2.05, 4.69) is 56.9 Å². The van der Waals surface area contributed by atoms with Crippen LogP contribution in [0.1, 0.15) is 39.2 Å². The van der Waals surface area contributed by atoms with Gasteiger partial charge in [0.25, 0.3) is 0 Å². The molecule has 1 saturated heterocycles. The molecule has 0 radical (unpaired) electrons. The smallest absolute Gasteiger partial charge is 0.0726 e.